The van der Waals surface area contributed by atoms with Crippen LogP contribution in [0.2, 0.25) is 0 Å². The fourth-order valence-electron chi connectivity index (χ4n) is 1.27. The summed E-state index contributed by atoms with van der Waals surface area (Å²) in [4.78, 5) is 0. The predicted octanol–water partition coefficient (Wildman–Crippen LogP) is 0.825. The van der Waals surface area contributed by atoms with Crippen molar-refractivity contribution in [3.05, 3.63) is 18.0 Å². The van der Waals surface area contributed by atoms with Crippen LogP contribution >= 0.6 is 0 Å². The van der Waals surface area contributed by atoms with Crippen molar-refractivity contribution in [2.45, 2.75) is 32.0 Å². The first-order chi connectivity index (χ1) is 6.24. The molecular weight excluding hydrogens is 166 g/mol. The van der Waals surface area contributed by atoms with Gasteiger partial charge in [0.25, 0.3) is 0 Å². The zero-order valence-corrected chi connectivity index (χ0v) is 7.86. The first kappa shape index (κ1) is 8.72. The number of hydrogen-bond donors (Lipinski definition) is 1. The third-order valence-electron chi connectivity index (χ3n) is 2.37. The zero-order chi connectivity index (χ0) is 9.31. The number of ether oxygens (including phenoxy) is 1. The largest absolute Gasteiger partial charge is 0.360 e. The monoisotopic (exact) mass is 181 g/mol. The summed E-state index contributed by atoms with van der Waals surface area (Å²) in [6, 6.07) is 1.98. The molecule has 0 atom stereocenters. The molecule has 0 unspecified atom stereocenters. The van der Waals surface area contributed by atoms with E-state index in [0.29, 0.717) is 13.3 Å². The first-order valence-corrected chi connectivity index (χ1v) is 4.65. The summed E-state index contributed by atoms with van der Waals surface area (Å²) in [6.45, 7) is 3.20. The highest BCUT2D eigenvalue weighted by atomic mass is 16.5. The van der Waals surface area contributed by atoms with Gasteiger partial charge in [0.05, 0.1) is 11.2 Å². The molecule has 0 aromatic carbocycles. The van der Waals surface area contributed by atoms with Crippen LogP contribution < -0.4 is 5.73 Å². The summed E-state index contributed by atoms with van der Waals surface area (Å²) in [6.07, 6.45) is 4.02. The number of rotatable bonds is 4. The fraction of sp³-hybridized carbons (Fsp3) is 0.667. The molecule has 1 aromatic rings. The van der Waals surface area contributed by atoms with Crippen molar-refractivity contribution < 1.29 is 4.74 Å². The Balaban J connectivity index is 2.01. The van der Waals surface area contributed by atoms with Gasteiger partial charge in [-0.1, -0.05) is 0 Å². The van der Waals surface area contributed by atoms with Crippen molar-refractivity contribution >= 4 is 0 Å². The van der Waals surface area contributed by atoms with Crippen molar-refractivity contribution in [3.8, 4) is 0 Å². The van der Waals surface area contributed by atoms with E-state index in [2.05, 4.69) is 5.10 Å². The lowest BCUT2D eigenvalue weighted by atomic mass is 10.2. The zero-order valence-electron chi connectivity index (χ0n) is 7.86. The average Bonchev–Trinajstić information content (AvgIpc) is 2.69. The number of aromatic nitrogens is 2. The molecular formula is C9H15N3O. The van der Waals surface area contributed by atoms with Gasteiger partial charge < -0.3 is 10.5 Å². The Morgan fingerprint density at radius 3 is 3.08 bits per heavy atom. The van der Waals surface area contributed by atoms with Gasteiger partial charge in [-0.3, -0.25) is 0 Å². The highest BCUT2D eigenvalue weighted by Gasteiger charge is 2.42. The van der Waals surface area contributed by atoms with Crippen molar-refractivity contribution in [2.75, 3.05) is 6.61 Å². The molecule has 13 heavy (non-hydrogen) atoms. The molecule has 0 saturated heterocycles. The molecule has 1 aliphatic rings. The Morgan fingerprint density at radius 1 is 1.69 bits per heavy atom. The third-order valence-corrected chi connectivity index (χ3v) is 2.37. The molecule has 72 valence electrons. The number of nitrogens with zero attached hydrogens (tertiary/aromatic N) is 2. The molecule has 4 nitrogen and oxygen atoms in total. The quantitative estimate of drug-likeness (QED) is 0.748. The SMILES string of the molecule is CCOCn1ccc(C2(N)CC2)n1. The summed E-state index contributed by atoms with van der Waals surface area (Å²) >= 11 is 0. The second kappa shape index (κ2) is 3.12. The van der Waals surface area contributed by atoms with Crippen LogP contribution in [0.15, 0.2) is 12.3 Å². The number of nitrogens with two attached hydrogens (primary N) is 1. The summed E-state index contributed by atoms with van der Waals surface area (Å²) in [7, 11) is 0. The van der Waals surface area contributed by atoms with E-state index in [0.717, 1.165) is 18.5 Å². The van der Waals surface area contributed by atoms with Crippen LogP contribution in [-0.2, 0) is 17.0 Å². The number of hydrogen-bond acceptors (Lipinski definition) is 3. The van der Waals surface area contributed by atoms with Crippen LogP contribution in [0.4, 0.5) is 0 Å². The topological polar surface area (TPSA) is 53.1 Å². The standard InChI is InChI=1S/C9H15N3O/c1-2-13-7-12-6-3-8(11-12)9(10)4-5-9/h3,6H,2,4-5,7,10H2,1H3. The van der Waals surface area contributed by atoms with Gasteiger partial charge in [0, 0.05) is 12.8 Å². The summed E-state index contributed by atoms with van der Waals surface area (Å²) in [5, 5.41) is 4.35. The van der Waals surface area contributed by atoms with Gasteiger partial charge in [-0.2, -0.15) is 5.10 Å². The van der Waals surface area contributed by atoms with Crippen LogP contribution in [-0.4, -0.2) is 16.4 Å². The molecule has 0 bridgehead atoms. The van der Waals surface area contributed by atoms with Gasteiger partial charge in [-0.05, 0) is 25.8 Å². The van der Waals surface area contributed by atoms with Crippen LogP contribution in [0.1, 0.15) is 25.5 Å². The minimum atomic E-state index is -0.128. The van der Waals surface area contributed by atoms with Gasteiger partial charge in [0.2, 0.25) is 0 Å². The van der Waals surface area contributed by atoms with E-state index in [1.807, 2.05) is 19.2 Å². The van der Waals surface area contributed by atoms with Crippen LogP contribution in [0.5, 0.6) is 0 Å². The van der Waals surface area contributed by atoms with E-state index in [-0.39, 0.29) is 5.54 Å². The lowest BCUT2D eigenvalue weighted by Crippen LogP contribution is -2.19. The molecule has 0 aliphatic heterocycles. The molecule has 0 amide bonds. The van der Waals surface area contributed by atoms with Crippen molar-refractivity contribution in [2.24, 2.45) is 5.73 Å². The highest BCUT2D eigenvalue weighted by Crippen LogP contribution is 2.41. The average molecular weight is 181 g/mol. The smallest absolute Gasteiger partial charge is 0.139 e. The summed E-state index contributed by atoms with van der Waals surface area (Å²) in [5.41, 5.74) is 6.86. The van der Waals surface area contributed by atoms with E-state index in [1.165, 1.54) is 0 Å². The molecule has 2 N–H and O–H groups in total. The Kier molecular flexibility index (Phi) is 2.09. The molecule has 0 radical (unpaired) electrons. The normalized spacial score (nSPS) is 18.9. The van der Waals surface area contributed by atoms with Gasteiger partial charge in [0.15, 0.2) is 0 Å². The minimum Gasteiger partial charge on any atom is -0.360 e. The van der Waals surface area contributed by atoms with E-state index in [4.69, 9.17) is 10.5 Å². The van der Waals surface area contributed by atoms with Crippen molar-refractivity contribution in [3.63, 3.8) is 0 Å². The third kappa shape index (κ3) is 1.73. The molecule has 1 aliphatic carbocycles. The maximum absolute atomic E-state index is 5.99. The van der Waals surface area contributed by atoms with Crippen LogP contribution in [0, 0.1) is 0 Å². The van der Waals surface area contributed by atoms with Crippen LogP contribution in [0.3, 0.4) is 0 Å². The molecule has 2 rings (SSSR count). The first-order valence-electron chi connectivity index (χ1n) is 4.65. The Hall–Kier alpha value is -0.870. The Bertz CT molecular complexity index is 291. The van der Waals surface area contributed by atoms with Crippen molar-refractivity contribution in [1.29, 1.82) is 0 Å². The van der Waals surface area contributed by atoms with Gasteiger partial charge >= 0.3 is 0 Å². The molecule has 1 fully saturated rings. The van der Waals surface area contributed by atoms with E-state index in [1.54, 1.807) is 4.68 Å². The van der Waals surface area contributed by atoms with Gasteiger partial charge in [-0.15, -0.1) is 0 Å². The van der Waals surface area contributed by atoms with Crippen LogP contribution in [0.25, 0.3) is 0 Å². The van der Waals surface area contributed by atoms with E-state index >= 15 is 0 Å². The maximum Gasteiger partial charge on any atom is 0.139 e. The lowest BCUT2D eigenvalue weighted by molar-refractivity contribution is 0.0787. The Morgan fingerprint density at radius 2 is 2.46 bits per heavy atom. The van der Waals surface area contributed by atoms with E-state index < -0.39 is 0 Å². The minimum absolute atomic E-state index is 0.128. The van der Waals surface area contributed by atoms with Gasteiger partial charge in [0.1, 0.15) is 6.73 Å². The second-order valence-electron chi connectivity index (χ2n) is 3.52. The maximum atomic E-state index is 5.99. The van der Waals surface area contributed by atoms with E-state index in [9.17, 15) is 0 Å². The molecule has 0 spiro atoms. The predicted molar refractivity (Wildman–Crippen MR) is 49.0 cm³/mol. The molecule has 1 aromatic heterocycles. The fourth-order valence-corrected chi connectivity index (χ4v) is 1.27. The molecule has 1 heterocycles. The molecule has 4 heteroatoms. The lowest BCUT2D eigenvalue weighted by Gasteiger charge is -2.03. The summed E-state index contributed by atoms with van der Waals surface area (Å²) < 4.78 is 7.01. The second-order valence-corrected chi connectivity index (χ2v) is 3.52. The summed E-state index contributed by atoms with van der Waals surface area (Å²) in [5.74, 6) is 0. The van der Waals surface area contributed by atoms with Gasteiger partial charge in [-0.25, -0.2) is 4.68 Å². The van der Waals surface area contributed by atoms with Crippen molar-refractivity contribution in [1.82, 2.24) is 9.78 Å². The molecule has 1 saturated carbocycles. The highest BCUT2D eigenvalue weighted by molar-refractivity contribution is 5.20. The Labute approximate surface area is 77.7 Å².